The Kier molecular flexibility index (Phi) is 4.00. The lowest BCUT2D eigenvalue weighted by Crippen LogP contribution is -2.11. The number of phenolic OH excluding ortho intramolecular Hbond substituents is 1. The van der Waals surface area contributed by atoms with Crippen LogP contribution in [0.3, 0.4) is 0 Å². The summed E-state index contributed by atoms with van der Waals surface area (Å²) in [5.41, 5.74) is 4.27. The summed E-state index contributed by atoms with van der Waals surface area (Å²) in [6.45, 7) is 3.60. The summed E-state index contributed by atoms with van der Waals surface area (Å²) in [6.07, 6.45) is 0. The van der Waals surface area contributed by atoms with E-state index in [1.54, 1.807) is 50.2 Å². The molecule has 0 fully saturated rings. The van der Waals surface area contributed by atoms with Crippen LogP contribution in [-0.4, -0.2) is 31.4 Å². The van der Waals surface area contributed by atoms with Crippen molar-refractivity contribution in [1.29, 1.82) is 0 Å². The monoisotopic (exact) mass is 375 g/mol. The summed E-state index contributed by atoms with van der Waals surface area (Å²) in [6, 6.07) is 11.8. The minimum Gasteiger partial charge on any atom is -0.507 e. The summed E-state index contributed by atoms with van der Waals surface area (Å²) in [5, 5.41) is 26.5. The van der Waals surface area contributed by atoms with Crippen LogP contribution >= 0.6 is 0 Å². The van der Waals surface area contributed by atoms with E-state index in [0.29, 0.717) is 22.3 Å². The number of hydrogen-bond acceptors (Lipinski definition) is 4. The van der Waals surface area contributed by atoms with E-state index in [1.807, 2.05) is 0 Å². The topological polar surface area (TPSA) is 119 Å². The third-order valence-corrected chi connectivity index (χ3v) is 4.75. The molecule has 0 radical (unpaired) electrons. The van der Waals surface area contributed by atoms with Crippen LogP contribution in [0, 0.1) is 13.8 Å². The van der Waals surface area contributed by atoms with Crippen LogP contribution in [0.1, 0.15) is 21.5 Å². The van der Waals surface area contributed by atoms with Crippen LogP contribution in [0.2, 0.25) is 0 Å². The Balaban J connectivity index is 1.85. The summed E-state index contributed by atoms with van der Waals surface area (Å²) in [4.78, 5) is 26.7. The molecule has 4 N–H and O–H groups in total. The molecule has 0 amide bonds. The van der Waals surface area contributed by atoms with Crippen molar-refractivity contribution in [3.8, 4) is 28.3 Å². The van der Waals surface area contributed by atoms with Gasteiger partial charge in [-0.2, -0.15) is 5.10 Å². The van der Waals surface area contributed by atoms with Crippen molar-refractivity contribution in [2.24, 2.45) is 0 Å². The lowest BCUT2D eigenvalue weighted by atomic mass is 10.0. The summed E-state index contributed by atoms with van der Waals surface area (Å²) < 4.78 is 0. The van der Waals surface area contributed by atoms with Gasteiger partial charge in [-0.1, -0.05) is 0 Å². The van der Waals surface area contributed by atoms with Gasteiger partial charge in [0, 0.05) is 16.5 Å². The molecule has 2 aromatic carbocycles. The molecule has 2 heterocycles. The van der Waals surface area contributed by atoms with Gasteiger partial charge in [0.2, 0.25) is 0 Å². The number of H-pyrrole nitrogens is 2. The Morgan fingerprint density at radius 3 is 2.43 bits per heavy atom. The molecule has 4 rings (SSSR count). The van der Waals surface area contributed by atoms with Crippen molar-refractivity contribution >= 4 is 16.9 Å². The number of aromatic amines is 2. The fraction of sp³-hybridized carbons (Fsp3) is 0.0952. The molecule has 0 aliphatic carbocycles. The number of fused-ring (bicyclic) bond motifs is 1. The average Bonchev–Trinajstić information content (AvgIpc) is 3.09. The van der Waals surface area contributed by atoms with Gasteiger partial charge in [0.05, 0.1) is 22.5 Å². The van der Waals surface area contributed by atoms with Crippen molar-refractivity contribution in [3.05, 3.63) is 69.5 Å². The molecule has 0 aliphatic rings. The number of carbonyl (C=O) groups is 1. The quantitative estimate of drug-likeness (QED) is 0.436. The van der Waals surface area contributed by atoms with Crippen molar-refractivity contribution in [3.63, 3.8) is 0 Å². The number of aromatic hydroxyl groups is 1. The second-order valence-corrected chi connectivity index (χ2v) is 6.74. The largest absolute Gasteiger partial charge is 0.507 e. The van der Waals surface area contributed by atoms with E-state index in [-0.39, 0.29) is 16.9 Å². The maximum absolute atomic E-state index is 12.4. The predicted octanol–water partition coefficient (Wildman–Crippen LogP) is 3.61. The van der Waals surface area contributed by atoms with Crippen LogP contribution in [-0.2, 0) is 0 Å². The molecule has 0 spiro atoms. The highest BCUT2D eigenvalue weighted by atomic mass is 16.4. The highest BCUT2D eigenvalue weighted by Crippen LogP contribution is 2.30. The normalized spacial score (nSPS) is 11.1. The number of phenols is 1. The summed E-state index contributed by atoms with van der Waals surface area (Å²) in [7, 11) is 0. The molecular formula is C21H17N3O4. The SMILES string of the molecule is Cc1cc(-c2cc(-c3cc4cc(C(=O)O)ccc4[nH]3)c(=O)[nH]n2)cc(C)c1O. The molecule has 7 nitrogen and oxygen atoms in total. The van der Waals surface area contributed by atoms with Gasteiger partial charge in [0.15, 0.2) is 0 Å². The average molecular weight is 375 g/mol. The Morgan fingerprint density at radius 1 is 1.04 bits per heavy atom. The second-order valence-electron chi connectivity index (χ2n) is 6.74. The Morgan fingerprint density at radius 2 is 1.75 bits per heavy atom. The van der Waals surface area contributed by atoms with Gasteiger partial charge >= 0.3 is 5.97 Å². The molecule has 140 valence electrons. The molecular weight excluding hydrogens is 358 g/mol. The third-order valence-electron chi connectivity index (χ3n) is 4.75. The number of aryl methyl sites for hydroxylation is 2. The lowest BCUT2D eigenvalue weighted by molar-refractivity contribution is 0.0697. The fourth-order valence-corrected chi connectivity index (χ4v) is 3.27. The molecule has 28 heavy (non-hydrogen) atoms. The van der Waals surface area contributed by atoms with E-state index in [1.165, 1.54) is 6.07 Å². The number of benzene rings is 2. The highest BCUT2D eigenvalue weighted by molar-refractivity contribution is 5.95. The maximum Gasteiger partial charge on any atom is 0.335 e. The minimum absolute atomic E-state index is 0.178. The number of nitrogens with zero attached hydrogens (tertiary/aromatic N) is 1. The van der Waals surface area contributed by atoms with E-state index in [4.69, 9.17) is 5.11 Å². The van der Waals surface area contributed by atoms with Crippen LogP contribution < -0.4 is 5.56 Å². The number of carboxylic acids is 1. The second kappa shape index (κ2) is 6.38. The molecule has 0 aliphatic heterocycles. The van der Waals surface area contributed by atoms with Gasteiger partial charge in [-0.05, 0) is 67.4 Å². The van der Waals surface area contributed by atoms with Crippen LogP contribution in [0.25, 0.3) is 33.4 Å². The molecule has 0 unspecified atom stereocenters. The Bertz CT molecular complexity index is 1280. The molecule has 0 saturated heterocycles. The Labute approximate surface area is 159 Å². The highest BCUT2D eigenvalue weighted by Gasteiger charge is 2.13. The summed E-state index contributed by atoms with van der Waals surface area (Å²) >= 11 is 0. The first-order chi connectivity index (χ1) is 13.3. The van der Waals surface area contributed by atoms with Crippen molar-refractivity contribution in [1.82, 2.24) is 15.2 Å². The maximum atomic E-state index is 12.4. The first-order valence-corrected chi connectivity index (χ1v) is 8.60. The molecule has 0 saturated carbocycles. The van der Waals surface area contributed by atoms with E-state index >= 15 is 0 Å². The first kappa shape index (κ1) is 17.5. The zero-order valence-electron chi connectivity index (χ0n) is 15.2. The van der Waals surface area contributed by atoms with E-state index < -0.39 is 5.97 Å². The standard InChI is InChI=1S/C21H17N3O4/c1-10-5-13(6-11(2)19(10)25)17-9-15(20(26)24-23-17)18-8-14-7-12(21(27)28)3-4-16(14)22-18/h3-9,22,25H,1-2H3,(H,24,26)(H,27,28). The van der Waals surface area contributed by atoms with Gasteiger partial charge in [-0.3, -0.25) is 4.79 Å². The number of rotatable bonds is 3. The van der Waals surface area contributed by atoms with Gasteiger partial charge < -0.3 is 15.2 Å². The van der Waals surface area contributed by atoms with Crippen LogP contribution in [0.5, 0.6) is 5.75 Å². The molecule has 0 bridgehead atoms. The number of hydrogen-bond donors (Lipinski definition) is 4. The number of aromatic carboxylic acids is 1. The zero-order chi connectivity index (χ0) is 20.0. The van der Waals surface area contributed by atoms with Gasteiger partial charge in [0.25, 0.3) is 5.56 Å². The van der Waals surface area contributed by atoms with E-state index in [2.05, 4.69) is 15.2 Å². The number of nitrogens with one attached hydrogen (secondary N) is 2. The third kappa shape index (κ3) is 2.92. The number of aromatic nitrogens is 3. The summed E-state index contributed by atoms with van der Waals surface area (Å²) in [5.74, 6) is -0.773. The molecule has 2 aromatic heterocycles. The Hall–Kier alpha value is -3.87. The van der Waals surface area contributed by atoms with E-state index in [9.17, 15) is 14.7 Å². The van der Waals surface area contributed by atoms with Gasteiger partial charge in [-0.15, -0.1) is 0 Å². The molecule has 0 atom stereocenters. The van der Waals surface area contributed by atoms with Gasteiger partial charge in [0.1, 0.15) is 5.75 Å². The van der Waals surface area contributed by atoms with Crippen molar-refractivity contribution < 1.29 is 15.0 Å². The fourth-order valence-electron chi connectivity index (χ4n) is 3.27. The van der Waals surface area contributed by atoms with Crippen molar-refractivity contribution in [2.45, 2.75) is 13.8 Å². The van der Waals surface area contributed by atoms with Crippen molar-refractivity contribution in [2.75, 3.05) is 0 Å². The van der Waals surface area contributed by atoms with Crippen LogP contribution in [0.4, 0.5) is 0 Å². The van der Waals surface area contributed by atoms with Gasteiger partial charge in [-0.25, -0.2) is 9.89 Å². The van der Waals surface area contributed by atoms with Crippen LogP contribution in [0.15, 0.2) is 47.3 Å². The smallest absolute Gasteiger partial charge is 0.335 e. The minimum atomic E-state index is -1.01. The zero-order valence-corrected chi connectivity index (χ0v) is 15.2. The molecule has 7 heteroatoms. The first-order valence-electron chi connectivity index (χ1n) is 8.60. The number of carboxylic acid groups (broad SMARTS) is 1. The lowest BCUT2D eigenvalue weighted by Gasteiger charge is -2.08. The van der Waals surface area contributed by atoms with E-state index in [0.717, 1.165) is 22.2 Å². The molecule has 4 aromatic rings. The predicted molar refractivity (Wildman–Crippen MR) is 106 cm³/mol.